The first-order chi connectivity index (χ1) is 16.6. The highest BCUT2D eigenvalue weighted by Crippen LogP contribution is 2.23. The number of nitrogens with zero attached hydrogens (tertiary/aromatic N) is 5. The van der Waals surface area contributed by atoms with Gasteiger partial charge in [-0.1, -0.05) is 24.3 Å². The molecule has 0 aliphatic carbocycles. The number of carbonyl (C=O) groups excluding carboxylic acids is 1. The molecule has 0 bridgehead atoms. The molecule has 170 valence electrons. The number of benzene rings is 2. The van der Waals surface area contributed by atoms with Crippen LogP contribution in [0.1, 0.15) is 21.6 Å². The van der Waals surface area contributed by atoms with Gasteiger partial charge in [-0.2, -0.15) is 5.26 Å². The molecule has 1 aliphatic heterocycles. The number of rotatable bonds is 5. The van der Waals surface area contributed by atoms with Gasteiger partial charge in [-0.25, -0.2) is 4.98 Å². The van der Waals surface area contributed by atoms with Gasteiger partial charge in [-0.3, -0.25) is 9.78 Å². The molecule has 0 radical (unpaired) electrons. The van der Waals surface area contributed by atoms with Gasteiger partial charge in [0.25, 0.3) is 5.91 Å². The molecule has 0 saturated carbocycles. The molecular weight excluding hydrogens is 424 g/mol. The van der Waals surface area contributed by atoms with Crippen LogP contribution in [0.15, 0.2) is 60.9 Å². The second kappa shape index (κ2) is 9.46. The fourth-order valence-electron chi connectivity index (χ4n) is 4.38. The quantitative estimate of drug-likeness (QED) is 0.499. The summed E-state index contributed by atoms with van der Waals surface area (Å²) in [5, 5.41) is 15.7. The summed E-state index contributed by atoms with van der Waals surface area (Å²) in [4.78, 5) is 25.5. The predicted octanol–water partition coefficient (Wildman–Crippen LogP) is 3.70. The molecule has 5 rings (SSSR count). The zero-order chi connectivity index (χ0) is 23.5. The number of piperazine rings is 1. The van der Waals surface area contributed by atoms with Crippen LogP contribution in [0.25, 0.3) is 21.7 Å². The summed E-state index contributed by atoms with van der Waals surface area (Å²) in [6.45, 7) is 4.14. The lowest BCUT2D eigenvalue weighted by Crippen LogP contribution is -2.47. The topological polar surface area (TPSA) is 85.2 Å². The third kappa shape index (κ3) is 4.54. The van der Waals surface area contributed by atoms with Crippen LogP contribution in [0.2, 0.25) is 0 Å². The summed E-state index contributed by atoms with van der Waals surface area (Å²) in [6.07, 6.45) is 4.22. The van der Waals surface area contributed by atoms with Crippen molar-refractivity contribution in [3.05, 3.63) is 77.7 Å². The van der Waals surface area contributed by atoms with Gasteiger partial charge in [0.05, 0.1) is 11.7 Å². The van der Waals surface area contributed by atoms with E-state index in [0.717, 1.165) is 72.1 Å². The number of anilines is 1. The first-order valence-corrected chi connectivity index (χ1v) is 11.5. The molecule has 1 N–H and O–H groups in total. The highest BCUT2D eigenvalue weighted by atomic mass is 16.2. The third-order valence-electron chi connectivity index (χ3n) is 6.41. The number of fused-ring (bicyclic) bond motifs is 2. The lowest BCUT2D eigenvalue weighted by Gasteiger charge is -2.32. The van der Waals surface area contributed by atoms with Crippen LogP contribution in [0.4, 0.5) is 5.69 Å². The molecule has 3 heterocycles. The Morgan fingerprint density at radius 3 is 2.65 bits per heavy atom. The minimum Gasteiger partial charge on any atom is -0.384 e. The van der Waals surface area contributed by atoms with Crippen molar-refractivity contribution in [3.8, 4) is 6.07 Å². The Morgan fingerprint density at radius 2 is 1.82 bits per heavy atom. The van der Waals surface area contributed by atoms with Gasteiger partial charge >= 0.3 is 0 Å². The van der Waals surface area contributed by atoms with Crippen LogP contribution >= 0.6 is 0 Å². The Labute approximate surface area is 198 Å². The number of nitrogens with one attached hydrogen (secondary N) is 1. The van der Waals surface area contributed by atoms with E-state index in [1.54, 1.807) is 18.5 Å². The van der Waals surface area contributed by atoms with Gasteiger partial charge in [0.2, 0.25) is 0 Å². The number of pyridine rings is 2. The van der Waals surface area contributed by atoms with Crippen LogP contribution in [0, 0.1) is 11.3 Å². The van der Waals surface area contributed by atoms with E-state index in [0.29, 0.717) is 5.69 Å². The summed E-state index contributed by atoms with van der Waals surface area (Å²) < 4.78 is 0. The van der Waals surface area contributed by atoms with Gasteiger partial charge in [0.15, 0.2) is 0 Å². The van der Waals surface area contributed by atoms with Gasteiger partial charge in [-0.05, 0) is 54.1 Å². The van der Waals surface area contributed by atoms with Gasteiger partial charge < -0.3 is 15.1 Å². The number of carbonyl (C=O) groups is 1. The van der Waals surface area contributed by atoms with E-state index in [1.165, 1.54) is 5.56 Å². The monoisotopic (exact) mass is 450 g/mol. The molecule has 4 aromatic rings. The van der Waals surface area contributed by atoms with E-state index in [4.69, 9.17) is 5.26 Å². The normalized spacial score (nSPS) is 14.3. The fourth-order valence-corrected chi connectivity index (χ4v) is 4.38. The highest BCUT2D eigenvalue weighted by Gasteiger charge is 2.20. The third-order valence-corrected chi connectivity index (χ3v) is 6.41. The minimum absolute atomic E-state index is 0.114. The van der Waals surface area contributed by atoms with E-state index in [9.17, 15) is 4.79 Å². The first-order valence-electron chi connectivity index (χ1n) is 11.5. The molecule has 1 aliphatic rings. The predicted molar refractivity (Wildman–Crippen MR) is 134 cm³/mol. The molecule has 1 fully saturated rings. The molecule has 0 unspecified atom stereocenters. The van der Waals surface area contributed by atoms with Gasteiger partial charge in [-0.15, -0.1) is 0 Å². The van der Waals surface area contributed by atoms with E-state index in [-0.39, 0.29) is 5.91 Å². The van der Waals surface area contributed by atoms with E-state index < -0.39 is 0 Å². The van der Waals surface area contributed by atoms with Crippen LogP contribution in [-0.4, -0.2) is 65.4 Å². The Balaban J connectivity index is 1.26. The van der Waals surface area contributed by atoms with Crippen molar-refractivity contribution < 1.29 is 4.79 Å². The molecule has 0 spiro atoms. The molecule has 7 heteroatoms. The molecule has 2 aromatic heterocycles. The lowest BCUT2D eigenvalue weighted by atomic mass is 10.0. The second-order valence-corrected chi connectivity index (χ2v) is 8.73. The van der Waals surface area contributed by atoms with E-state index >= 15 is 0 Å². The number of aromatic nitrogens is 2. The SMILES string of the molecule is CN1CCN(C(=O)c2ccc3cc(CCNc4ccnc5cnc(C#N)cc45)ccc3c2)CC1. The zero-order valence-corrected chi connectivity index (χ0v) is 19.2. The number of nitriles is 1. The smallest absolute Gasteiger partial charge is 0.253 e. The zero-order valence-electron chi connectivity index (χ0n) is 19.2. The van der Waals surface area contributed by atoms with Gasteiger partial charge in [0, 0.05) is 55.6 Å². The maximum Gasteiger partial charge on any atom is 0.253 e. The highest BCUT2D eigenvalue weighted by molar-refractivity contribution is 5.98. The molecule has 7 nitrogen and oxygen atoms in total. The summed E-state index contributed by atoms with van der Waals surface area (Å²) in [7, 11) is 2.09. The summed E-state index contributed by atoms with van der Waals surface area (Å²) >= 11 is 0. The number of hydrogen-bond donors (Lipinski definition) is 1. The van der Waals surface area contributed by atoms with Crippen molar-refractivity contribution in [1.29, 1.82) is 5.26 Å². The van der Waals surface area contributed by atoms with Crippen molar-refractivity contribution in [2.24, 2.45) is 0 Å². The second-order valence-electron chi connectivity index (χ2n) is 8.73. The lowest BCUT2D eigenvalue weighted by molar-refractivity contribution is 0.0664. The molecule has 2 aromatic carbocycles. The summed E-state index contributed by atoms with van der Waals surface area (Å²) in [5.74, 6) is 0.114. The Morgan fingerprint density at radius 1 is 1.03 bits per heavy atom. The summed E-state index contributed by atoms with van der Waals surface area (Å²) in [6, 6.07) is 18.2. The van der Waals surface area contributed by atoms with Crippen molar-refractivity contribution in [2.75, 3.05) is 45.1 Å². The van der Waals surface area contributed by atoms with E-state index in [2.05, 4.69) is 51.5 Å². The fraction of sp³-hybridized carbons (Fsp3) is 0.259. The Bertz CT molecular complexity index is 1400. The molecule has 34 heavy (non-hydrogen) atoms. The van der Waals surface area contributed by atoms with Crippen LogP contribution in [-0.2, 0) is 6.42 Å². The standard InChI is InChI=1S/C27H26N6O/c1-32-10-12-33(13-11-32)27(34)22-5-4-20-14-19(2-3-21(20)15-22)6-8-29-25-7-9-30-26-18-31-23(17-28)16-24(25)26/h2-5,7,9,14-16,18H,6,8,10-13H2,1H3,(H,29,30). The van der Waals surface area contributed by atoms with Crippen LogP contribution < -0.4 is 5.32 Å². The average molecular weight is 451 g/mol. The molecule has 1 amide bonds. The number of hydrogen-bond acceptors (Lipinski definition) is 6. The number of amides is 1. The van der Waals surface area contributed by atoms with Crippen molar-refractivity contribution in [2.45, 2.75) is 6.42 Å². The maximum atomic E-state index is 12.9. The first kappa shape index (κ1) is 21.8. The van der Waals surface area contributed by atoms with Crippen LogP contribution in [0.5, 0.6) is 0 Å². The minimum atomic E-state index is 0.114. The van der Waals surface area contributed by atoms with Crippen LogP contribution in [0.3, 0.4) is 0 Å². The average Bonchev–Trinajstić information content (AvgIpc) is 2.88. The Kier molecular flexibility index (Phi) is 6.07. The largest absolute Gasteiger partial charge is 0.384 e. The Hall–Kier alpha value is -4.02. The van der Waals surface area contributed by atoms with Crippen molar-refractivity contribution in [1.82, 2.24) is 19.8 Å². The summed E-state index contributed by atoms with van der Waals surface area (Å²) in [5.41, 5.74) is 4.05. The molecule has 1 saturated heterocycles. The maximum absolute atomic E-state index is 12.9. The molecule has 0 atom stereocenters. The number of likely N-dealkylation sites (N-methyl/N-ethyl adjacent to an activating group) is 1. The van der Waals surface area contributed by atoms with Crippen molar-refractivity contribution >= 4 is 33.3 Å². The van der Waals surface area contributed by atoms with E-state index in [1.807, 2.05) is 29.2 Å². The molecular formula is C27H26N6O. The van der Waals surface area contributed by atoms with Crippen molar-refractivity contribution in [3.63, 3.8) is 0 Å². The van der Waals surface area contributed by atoms with Gasteiger partial charge in [0.1, 0.15) is 11.8 Å².